The SMILES string of the molecule is CC1(c2cc(Br)ccc2F)NC(=O)COC1(O)C(F)(F)F. The fourth-order valence-electron chi connectivity index (χ4n) is 2.21. The van der Waals surface area contributed by atoms with Gasteiger partial charge in [-0.3, -0.25) is 4.79 Å². The summed E-state index contributed by atoms with van der Waals surface area (Å²) in [7, 11) is 0. The van der Waals surface area contributed by atoms with Gasteiger partial charge >= 0.3 is 6.18 Å². The summed E-state index contributed by atoms with van der Waals surface area (Å²) >= 11 is 3.01. The fraction of sp³-hybridized carbons (Fsp3) is 0.417. The zero-order valence-electron chi connectivity index (χ0n) is 10.6. The lowest BCUT2D eigenvalue weighted by molar-refractivity contribution is -0.398. The topological polar surface area (TPSA) is 58.6 Å². The number of benzene rings is 1. The third-order valence-corrected chi connectivity index (χ3v) is 3.82. The maximum atomic E-state index is 14.0. The Morgan fingerprint density at radius 1 is 1.43 bits per heavy atom. The van der Waals surface area contributed by atoms with Crippen molar-refractivity contribution < 1.29 is 32.2 Å². The fourth-order valence-corrected chi connectivity index (χ4v) is 2.57. The summed E-state index contributed by atoms with van der Waals surface area (Å²) < 4.78 is 58.2. The molecule has 21 heavy (non-hydrogen) atoms. The van der Waals surface area contributed by atoms with Crippen molar-refractivity contribution >= 4 is 21.8 Å². The predicted octanol–water partition coefficient (Wildman–Crippen LogP) is 2.20. The van der Waals surface area contributed by atoms with E-state index in [0.29, 0.717) is 0 Å². The Labute approximate surface area is 125 Å². The van der Waals surface area contributed by atoms with Crippen molar-refractivity contribution in [1.82, 2.24) is 5.32 Å². The van der Waals surface area contributed by atoms with E-state index in [9.17, 15) is 27.5 Å². The first kappa shape index (κ1) is 16.2. The highest BCUT2D eigenvalue weighted by molar-refractivity contribution is 9.10. The molecule has 0 aromatic heterocycles. The average Bonchev–Trinajstić information content (AvgIpc) is 2.36. The first-order chi connectivity index (χ1) is 9.51. The van der Waals surface area contributed by atoms with E-state index in [-0.39, 0.29) is 4.47 Å². The number of alkyl halides is 3. The van der Waals surface area contributed by atoms with Crippen LogP contribution in [0.5, 0.6) is 0 Å². The van der Waals surface area contributed by atoms with E-state index in [1.54, 1.807) is 0 Å². The molecule has 1 saturated heterocycles. The first-order valence-corrected chi connectivity index (χ1v) is 6.50. The van der Waals surface area contributed by atoms with Gasteiger partial charge in [0.25, 0.3) is 5.79 Å². The maximum Gasteiger partial charge on any atom is 0.446 e. The van der Waals surface area contributed by atoms with Gasteiger partial charge in [-0.25, -0.2) is 4.39 Å². The van der Waals surface area contributed by atoms with Crippen LogP contribution in [0.2, 0.25) is 0 Å². The molecule has 2 atom stereocenters. The Bertz CT molecular complexity index is 594. The van der Waals surface area contributed by atoms with E-state index < -0.39 is 41.4 Å². The predicted molar refractivity (Wildman–Crippen MR) is 66.6 cm³/mol. The van der Waals surface area contributed by atoms with Crippen molar-refractivity contribution in [2.75, 3.05) is 6.61 Å². The van der Waals surface area contributed by atoms with Gasteiger partial charge in [0.1, 0.15) is 18.0 Å². The van der Waals surface area contributed by atoms with Gasteiger partial charge in [-0.05, 0) is 25.1 Å². The Kier molecular flexibility index (Phi) is 3.79. The van der Waals surface area contributed by atoms with E-state index in [2.05, 4.69) is 20.7 Å². The molecule has 1 heterocycles. The molecule has 0 bridgehead atoms. The molecular weight excluding hydrogens is 362 g/mol. The highest BCUT2D eigenvalue weighted by atomic mass is 79.9. The highest BCUT2D eigenvalue weighted by Gasteiger charge is 2.69. The maximum absolute atomic E-state index is 14.0. The summed E-state index contributed by atoms with van der Waals surface area (Å²) in [5, 5.41) is 11.9. The molecule has 4 nitrogen and oxygen atoms in total. The van der Waals surface area contributed by atoms with E-state index in [0.717, 1.165) is 19.1 Å². The summed E-state index contributed by atoms with van der Waals surface area (Å²) in [6, 6.07) is 3.24. The van der Waals surface area contributed by atoms with Gasteiger partial charge in [-0.1, -0.05) is 15.9 Å². The Hall–Kier alpha value is -1.19. The van der Waals surface area contributed by atoms with Crippen LogP contribution in [0.4, 0.5) is 17.6 Å². The number of hydrogen-bond donors (Lipinski definition) is 2. The standard InChI is InChI=1S/C12H10BrF4NO3/c1-10(7-4-6(13)2-3-8(7)14)11(20,12(15,16)17)21-5-9(19)18-10/h2-4,20H,5H2,1H3,(H,18,19). The summed E-state index contributed by atoms with van der Waals surface area (Å²) in [6.45, 7) is -0.135. The van der Waals surface area contributed by atoms with Crippen molar-refractivity contribution in [3.63, 3.8) is 0 Å². The molecule has 2 rings (SSSR count). The largest absolute Gasteiger partial charge is 0.446 e. The van der Waals surface area contributed by atoms with E-state index in [4.69, 9.17) is 0 Å². The molecule has 116 valence electrons. The van der Waals surface area contributed by atoms with Crippen LogP contribution >= 0.6 is 15.9 Å². The van der Waals surface area contributed by atoms with Crippen LogP contribution in [0, 0.1) is 5.82 Å². The van der Waals surface area contributed by atoms with Crippen molar-refractivity contribution in [1.29, 1.82) is 0 Å². The molecule has 1 aromatic rings. The number of carbonyl (C=O) groups is 1. The second-order valence-corrected chi connectivity index (χ2v) is 5.64. The lowest BCUT2D eigenvalue weighted by Gasteiger charge is -2.48. The molecule has 0 spiro atoms. The second kappa shape index (κ2) is 4.92. The molecule has 2 unspecified atom stereocenters. The van der Waals surface area contributed by atoms with E-state index >= 15 is 0 Å². The van der Waals surface area contributed by atoms with Crippen LogP contribution in [0.1, 0.15) is 12.5 Å². The van der Waals surface area contributed by atoms with Crippen LogP contribution in [-0.4, -0.2) is 29.6 Å². The minimum Gasteiger partial charge on any atom is -0.356 e. The molecule has 0 radical (unpaired) electrons. The van der Waals surface area contributed by atoms with Gasteiger partial charge in [0.15, 0.2) is 0 Å². The van der Waals surface area contributed by atoms with Crippen molar-refractivity contribution in [3.05, 3.63) is 34.1 Å². The third-order valence-electron chi connectivity index (χ3n) is 3.33. The number of hydrogen-bond acceptors (Lipinski definition) is 3. The number of amides is 1. The zero-order chi connectivity index (χ0) is 16.1. The summed E-state index contributed by atoms with van der Waals surface area (Å²) in [5.74, 6) is -5.67. The molecule has 1 aliphatic heterocycles. The molecular formula is C12H10BrF4NO3. The van der Waals surface area contributed by atoms with Crippen LogP contribution in [0.15, 0.2) is 22.7 Å². The summed E-state index contributed by atoms with van der Waals surface area (Å²) in [6.07, 6.45) is -5.25. The quantitative estimate of drug-likeness (QED) is 0.744. The van der Waals surface area contributed by atoms with Crippen molar-refractivity contribution in [3.8, 4) is 0 Å². The van der Waals surface area contributed by atoms with Crippen molar-refractivity contribution in [2.24, 2.45) is 0 Å². The molecule has 9 heteroatoms. The van der Waals surface area contributed by atoms with Gasteiger partial charge in [-0.2, -0.15) is 13.2 Å². The molecule has 0 saturated carbocycles. The Balaban J connectivity index is 2.68. The van der Waals surface area contributed by atoms with E-state index in [1.807, 2.05) is 5.32 Å². The molecule has 1 aliphatic rings. The Morgan fingerprint density at radius 3 is 2.62 bits per heavy atom. The lowest BCUT2D eigenvalue weighted by atomic mass is 9.81. The van der Waals surface area contributed by atoms with Gasteiger partial charge in [-0.15, -0.1) is 0 Å². The normalized spacial score (nSPS) is 30.1. The van der Waals surface area contributed by atoms with Crippen LogP contribution < -0.4 is 5.32 Å². The van der Waals surface area contributed by atoms with E-state index in [1.165, 1.54) is 6.07 Å². The average molecular weight is 372 g/mol. The van der Waals surface area contributed by atoms with Crippen LogP contribution in [-0.2, 0) is 15.1 Å². The van der Waals surface area contributed by atoms with Crippen molar-refractivity contribution in [2.45, 2.75) is 24.4 Å². The zero-order valence-corrected chi connectivity index (χ0v) is 12.2. The lowest BCUT2D eigenvalue weighted by Crippen LogP contribution is -2.72. The summed E-state index contributed by atoms with van der Waals surface area (Å²) in [5.41, 5.74) is -3.08. The number of halogens is 5. The number of morpholine rings is 1. The Morgan fingerprint density at radius 2 is 2.05 bits per heavy atom. The van der Waals surface area contributed by atoms with Crippen LogP contribution in [0.3, 0.4) is 0 Å². The minimum atomic E-state index is -5.25. The number of carbonyl (C=O) groups excluding carboxylic acids is 1. The molecule has 1 fully saturated rings. The molecule has 0 aliphatic carbocycles. The first-order valence-electron chi connectivity index (χ1n) is 5.71. The third kappa shape index (κ3) is 2.43. The van der Waals surface area contributed by atoms with Gasteiger partial charge in [0, 0.05) is 10.0 Å². The molecule has 2 N–H and O–H groups in total. The van der Waals surface area contributed by atoms with Gasteiger partial charge in [0.05, 0.1) is 0 Å². The van der Waals surface area contributed by atoms with Crippen LogP contribution in [0.25, 0.3) is 0 Å². The smallest absolute Gasteiger partial charge is 0.356 e. The monoisotopic (exact) mass is 371 g/mol. The van der Waals surface area contributed by atoms with Gasteiger partial charge < -0.3 is 15.2 Å². The minimum absolute atomic E-state index is 0.282. The number of nitrogens with one attached hydrogen (secondary N) is 1. The van der Waals surface area contributed by atoms with Gasteiger partial charge in [0.2, 0.25) is 5.91 Å². The molecule has 1 amide bonds. The highest BCUT2D eigenvalue weighted by Crippen LogP contribution is 2.47. The molecule has 1 aromatic carbocycles. The summed E-state index contributed by atoms with van der Waals surface area (Å²) in [4.78, 5) is 11.4. The number of aliphatic hydroxyl groups is 1. The number of ether oxygens (including phenoxy) is 1. The number of rotatable bonds is 1. The second-order valence-electron chi connectivity index (χ2n) is 4.73.